The zero-order valence-electron chi connectivity index (χ0n) is 29.3. The highest BCUT2D eigenvalue weighted by atomic mass is 35.5. The Morgan fingerprint density at radius 2 is 1.96 bits per heavy atom. The summed E-state index contributed by atoms with van der Waals surface area (Å²) in [6, 6.07) is 3.62. The van der Waals surface area contributed by atoms with Gasteiger partial charge in [0.2, 0.25) is 0 Å². The number of hydrogen-bond donors (Lipinski definition) is 2. The Labute approximate surface area is 284 Å². The molecule has 0 radical (unpaired) electrons. The van der Waals surface area contributed by atoms with Crippen molar-refractivity contribution >= 4 is 29.4 Å². The summed E-state index contributed by atoms with van der Waals surface area (Å²) in [5.41, 5.74) is 0.239. The van der Waals surface area contributed by atoms with E-state index in [4.69, 9.17) is 35.3 Å². The number of carbonyl (C=O) groups is 2. The highest BCUT2D eigenvalue weighted by Crippen LogP contribution is 2.49. The molecule has 0 saturated carbocycles. The number of likely N-dealkylation sites (N-methyl/N-ethyl adjacent to an activating group) is 1. The van der Waals surface area contributed by atoms with Crippen LogP contribution in [0.1, 0.15) is 59.9 Å². The molecule has 11 nitrogen and oxygen atoms in total. The topological polar surface area (TPSA) is 122 Å². The number of hydrogen-bond acceptors (Lipinski definition) is 10. The van der Waals surface area contributed by atoms with Gasteiger partial charge >= 0.3 is 12.1 Å². The molecule has 0 aliphatic carbocycles. The number of methoxy groups -OCH3 is 2. The fourth-order valence-corrected chi connectivity index (χ4v) is 6.92. The Kier molecular flexibility index (Phi) is 11.6. The third kappa shape index (κ3) is 8.08. The van der Waals surface area contributed by atoms with E-state index in [1.54, 1.807) is 13.2 Å². The second kappa shape index (κ2) is 14.7. The molecule has 4 bridgehead atoms. The van der Waals surface area contributed by atoms with E-state index in [0.717, 1.165) is 16.8 Å². The van der Waals surface area contributed by atoms with Gasteiger partial charge in [0.1, 0.15) is 40.7 Å². The molecule has 0 spiro atoms. The van der Waals surface area contributed by atoms with Crippen LogP contribution < -0.4 is 15.0 Å². The van der Waals surface area contributed by atoms with Crippen LogP contribution in [0.4, 0.5) is 10.5 Å². The molecular weight excluding hydrogens is 626 g/mol. The van der Waals surface area contributed by atoms with Crippen molar-refractivity contribution in [3.8, 4) is 5.75 Å². The van der Waals surface area contributed by atoms with Crippen molar-refractivity contribution in [3.63, 3.8) is 0 Å². The standard InChI is InChI=1S/C35H52ClN3O8/c1-20(2)39(8)23(5)32(40)46-28-14-15-38(7)25-17-24(18-26(43-9)30(25)36)16-21(3)12-11-13-29(44-10)35(42)19-27(45-33(41)37-35)22(4)31-34(28,6)47-31/h11-13,17-18,20,22-23,27-29,31,42H,14-16,19H2,1-10H3,(H,37,41)/b13-11+,21-12+. The molecule has 47 heavy (non-hydrogen) atoms. The van der Waals surface area contributed by atoms with Gasteiger partial charge in [-0.15, -0.1) is 0 Å². The molecule has 2 N–H and O–H groups in total. The molecule has 262 valence electrons. The van der Waals surface area contributed by atoms with Gasteiger partial charge in [0, 0.05) is 45.5 Å². The smallest absolute Gasteiger partial charge is 0.409 e. The zero-order chi connectivity index (χ0) is 34.8. The van der Waals surface area contributed by atoms with Crippen molar-refractivity contribution in [3.05, 3.63) is 46.5 Å². The highest BCUT2D eigenvalue weighted by Gasteiger charge is 2.64. The summed E-state index contributed by atoms with van der Waals surface area (Å²) < 4.78 is 29.6. The normalized spacial score (nSPS) is 34.0. The second-order valence-corrected chi connectivity index (χ2v) is 14.1. The van der Waals surface area contributed by atoms with Gasteiger partial charge in [0.15, 0.2) is 5.72 Å². The second-order valence-electron chi connectivity index (χ2n) is 13.7. The lowest BCUT2D eigenvalue weighted by atomic mass is 9.83. The number of esters is 1. The Morgan fingerprint density at radius 1 is 1.26 bits per heavy atom. The Balaban J connectivity index is 1.75. The van der Waals surface area contributed by atoms with Crippen molar-refractivity contribution in [2.45, 2.75) is 109 Å². The maximum atomic E-state index is 13.5. The first-order chi connectivity index (χ1) is 22.0. The molecule has 8 atom stereocenters. The molecule has 0 aromatic heterocycles. The Bertz CT molecular complexity index is 1370. The van der Waals surface area contributed by atoms with Crippen molar-refractivity contribution in [1.29, 1.82) is 0 Å². The molecule has 3 aliphatic heterocycles. The van der Waals surface area contributed by atoms with E-state index < -0.39 is 47.9 Å². The van der Waals surface area contributed by atoms with E-state index in [1.165, 1.54) is 7.11 Å². The van der Waals surface area contributed by atoms with Crippen LogP contribution in [0.3, 0.4) is 0 Å². The number of aliphatic hydroxyl groups is 1. The first-order valence-corrected chi connectivity index (χ1v) is 16.7. The van der Waals surface area contributed by atoms with E-state index in [2.05, 4.69) is 5.32 Å². The number of halogens is 1. The number of amides is 1. The number of alkyl carbamates (subject to hydrolysis) is 1. The van der Waals surface area contributed by atoms with E-state index in [1.807, 2.05) is 89.7 Å². The maximum Gasteiger partial charge on any atom is 0.409 e. The van der Waals surface area contributed by atoms with Crippen molar-refractivity contribution in [1.82, 2.24) is 10.2 Å². The minimum Gasteiger partial charge on any atom is -0.495 e. The number of carbonyl (C=O) groups excluding carboxylic acids is 2. The van der Waals surface area contributed by atoms with E-state index in [0.29, 0.717) is 30.2 Å². The van der Waals surface area contributed by atoms with Gasteiger partial charge in [-0.25, -0.2) is 4.79 Å². The minimum absolute atomic E-state index is 0.0644. The van der Waals surface area contributed by atoms with Crippen LogP contribution in [0.5, 0.6) is 5.75 Å². The number of fused-ring (bicyclic) bond motifs is 5. The quantitative estimate of drug-likeness (QED) is 0.319. The fourth-order valence-electron chi connectivity index (χ4n) is 6.59. The largest absolute Gasteiger partial charge is 0.495 e. The lowest BCUT2D eigenvalue weighted by Gasteiger charge is -2.42. The number of anilines is 1. The SMILES string of the molecule is COc1cc2cc(c1Cl)N(C)CCC(OC(=O)C(C)N(C)C(C)C)C1(C)OC1C(C)C1CC(O)(NC(=O)O1)C(OC)/C=C/C=C(\C)C2. The summed E-state index contributed by atoms with van der Waals surface area (Å²) in [5.74, 6) is -0.130. The van der Waals surface area contributed by atoms with Crippen LogP contribution in [0.15, 0.2) is 35.9 Å². The summed E-state index contributed by atoms with van der Waals surface area (Å²) in [6.45, 7) is 12.2. The molecule has 12 heteroatoms. The third-order valence-electron chi connectivity index (χ3n) is 10.0. The van der Waals surface area contributed by atoms with Crippen LogP contribution in [0, 0.1) is 5.92 Å². The molecule has 1 amide bonds. The number of epoxide rings is 1. The molecule has 3 heterocycles. The minimum atomic E-state index is -1.72. The lowest BCUT2D eigenvalue weighted by molar-refractivity contribution is -0.158. The Morgan fingerprint density at radius 3 is 2.60 bits per heavy atom. The summed E-state index contributed by atoms with van der Waals surface area (Å²) in [5, 5.41) is 14.7. The summed E-state index contributed by atoms with van der Waals surface area (Å²) in [6.07, 6.45) is 3.25. The number of ether oxygens (including phenoxy) is 5. The molecule has 1 aromatic carbocycles. The number of allylic oxidation sites excluding steroid dienone is 3. The molecule has 2 saturated heterocycles. The van der Waals surface area contributed by atoms with E-state index in [-0.39, 0.29) is 24.3 Å². The zero-order valence-corrected chi connectivity index (χ0v) is 30.1. The van der Waals surface area contributed by atoms with E-state index >= 15 is 0 Å². The van der Waals surface area contributed by atoms with Crippen LogP contribution >= 0.6 is 11.6 Å². The average molecular weight is 678 g/mol. The predicted molar refractivity (Wildman–Crippen MR) is 181 cm³/mol. The molecule has 4 rings (SSSR count). The molecule has 3 aliphatic rings. The van der Waals surface area contributed by atoms with Crippen molar-refractivity contribution in [2.75, 3.05) is 39.8 Å². The van der Waals surface area contributed by atoms with Gasteiger partial charge in [-0.05, 0) is 65.8 Å². The number of benzene rings is 1. The van der Waals surface area contributed by atoms with Gasteiger partial charge in [-0.1, -0.05) is 42.3 Å². The molecule has 2 fully saturated rings. The number of rotatable bonds is 6. The summed E-state index contributed by atoms with van der Waals surface area (Å²) >= 11 is 6.83. The average Bonchev–Trinajstić information content (AvgIpc) is 3.71. The maximum absolute atomic E-state index is 13.5. The first-order valence-electron chi connectivity index (χ1n) is 16.3. The fraction of sp³-hybridized carbons (Fsp3) is 0.657. The first kappa shape index (κ1) is 37.0. The number of nitrogens with zero attached hydrogens (tertiary/aromatic N) is 2. The van der Waals surface area contributed by atoms with Crippen molar-refractivity contribution in [2.24, 2.45) is 5.92 Å². The monoisotopic (exact) mass is 677 g/mol. The van der Waals surface area contributed by atoms with Gasteiger partial charge in [-0.3, -0.25) is 15.0 Å². The van der Waals surface area contributed by atoms with Gasteiger partial charge in [0.25, 0.3) is 0 Å². The summed E-state index contributed by atoms with van der Waals surface area (Å²) in [4.78, 5) is 30.3. The molecule has 1 aromatic rings. The molecule has 8 unspecified atom stereocenters. The van der Waals surface area contributed by atoms with Gasteiger partial charge in [-0.2, -0.15) is 0 Å². The highest BCUT2D eigenvalue weighted by molar-refractivity contribution is 6.34. The third-order valence-corrected chi connectivity index (χ3v) is 10.4. The van der Waals surface area contributed by atoms with Crippen LogP contribution in [0.25, 0.3) is 0 Å². The summed E-state index contributed by atoms with van der Waals surface area (Å²) in [7, 11) is 6.91. The Hall–Kier alpha value is -2.83. The van der Waals surface area contributed by atoms with Gasteiger partial charge < -0.3 is 33.7 Å². The van der Waals surface area contributed by atoms with Crippen LogP contribution in [-0.2, 0) is 30.2 Å². The molecular formula is C35H52ClN3O8. The number of nitrogens with one attached hydrogen (secondary N) is 1. The van der Waals surface area contributed by atoms with Gasteiger partial charge in [0.05, 0.1) is 18.9 Å². The van der Waals surface area contributed by atoms with E-state index in [9.17, 15) is 14.7 Å². The lowest BCUT2D eigenvalue weighted by Crippen LogP contribution is -2.63. The van der Waals surface area contributed by atoms with Crippen LogP contribution in [-0.4, -0.2) is 105 Å². The van der Waals surface area contributed by atoms with Crippen molar-refractivity contribution < 1.29 is 38.4 Å². The predicted octanol–water partition coefficient (Wildman–Crippen LogP) is 4.87. The van der Waals surface area contributed by atoms with Crippen LogP contribution in [0.2, 0.25) is 5.02 Å².